The second kappa shape index (κ2) is 14.6. The quantitative estimate of drug-likeness (QED) is 0.299. The van der Waals surface area contributed by atoms with Crippen molar-refractivity contribution in [3.8, 4) is 0 Å². The van der Waals surface area contributed by atoms with Gasteiger partial charge in [-0.05, 0) is 30.9 Å². The van der Waals surface area contributed by atoms with E-state index in [2.05, 4.69) is 21.2 Å². The summed E-state index contributed by atoms with van der Waals surface area (Å²) in [6.07, 6.45) is 6.30. The van der Waals surface area contributed by atoms with Crippen molar-refractivity contribution in [3.05, 3.63) is 58.6 Å². The largest absolute Gasteiger partial charge is 0.455 e. The van der Waals surface area contributed by atoms with E-state index < -0.39 is 47.7 Å². The fourth-order valence-electron chi connectivity index (χ4n) is 6.99. The average molecular weight is 689 g/mol. The molecule has 0 radical (unpaired) electrons. The van der Waals surface area contributed by atoms with Crippen LogP contribution in [0, 0.1) is 11.8 Å². The topological polar surface area (TPSA) is 135 Å². The van der Waals surface area contributed by atoms with Crippen LogP contribution in [0.2, 0.25) is 0 Å². The van der Waals surface area contributed by atoms with Crippen molar-refractivity contribution in [2.45, 2.75) is 68.9 Å². The van der Waals surface area contributed by atoms with Gasteiger partial charge in [-0.3, -0.25) is 19.2 Å². The highest BCUT2D eigenvalue weighted by atomic mass is 79.9. The highest BCUT2D eigenvalue weighted by Gasteiger charge is 2.74. The monoisotopic (exact) mass is 687 g/mol. The minimum absolute atomic E-state index is 0.0762. The SMILES string of the molecule is CCCCN1C/C=C\CCC(=O)N[C@@H](COC)[C@H](c2ccccc2)OC(=O)[C@H]2[C@@H]3O[C@@]4(C=C3Br)[C@@H]2C(=O)N(CCCO)[C@@H]4C1=O. The van der Waals surface area contributed by atoms with Gasteiger partial charge in [0, 0.05) is 44.3 Å². The normalized spacial score (nSPS) is 32.8. The number of allylic oxidation sites excluding steroid dienone is 1. The number of likely N-dealkylation sites (tertiary alicyclic amines) is 1. The van der Waals surface area contributed by atoms with E-state index in [0.717, 1.165) is 12.8 Å². The Balaban J connectivity index is 1.60. The number of halogens is 1. The number of aliphatic hydroxyl groups excluding tert-OH is 1. The number of hydrogen-bond acceptors (Lipinski definition) is 8. The summed E-state index contributed by atoms with van der Waals surface area (Å²) in [4.78, 5) is 59.3. The molecule has 11 nitrogen and oxygen atoms in total. The number of esters is 1. The number of carbonyl (C=O) groups excluding carboxylic acids is 4. The lowest BCUT2D eigenvalue weighted by molar-refractivity contribution is -0.162. The number of rotatable bonds is 9. The number of amides is 3. The fourth-order valence-corrected chi connectivity index (χ4v) is 7.72. The van der Waals surface area contributed by atoms with Crippen LogP contribution in [0.1, 0.15) is 50.7 Å². The number of hydrogen-bond donors (Lipinski definition) is 2. The minimum Gasteiger partial charge on any atom is -0.455 e. The molecule has 0 unspecified atom stereocenters. The molecule has 4 aliphatic heterocycles. The molecule has 4 heterocycles. The maximum absolute atomic E-state index is 14.5. The first kappa shape index (κ1) is 33.3. The number of cyclic esters (lactones) is 1. The fraction of sp³-hybridized carbons (Fsp3) is 0.576. The van der Waals surface area contributed by atoms with Crippen molar-refractivity contribution in [1.82, 2.24) is 15.1 Å². The molecule has 4 aliphatic rings. The van der Waals surface area contributed by atoms with Crippen molar-refractivity contribution < 1.29 is 38.5 Å². The Morgan fingerprint density at radius 2 is 1.84 bits per heavy atom. The van der Waals surface area contributed by atoms with Crippen molar-refractivity contribution in [2.75, 3.05) is 40.0 Å². The van der Waals surface area contributed by atoms with E-state index in [1.807, 2.05) is 49.4 Å². The van der Waals surface area contributed by atoms with Crippen LogP contribution in [0.3, 0.4) is 0 Å². The predicted molar refractivity (Wildman–Crippen MR) is 168 cm³/mol. The Morgan fingerprint density at radius 1 is 1.07 bits per heavy atom. The van der Waals surface area contributed by atoms with Crippen LogP contribution in [-0.4, -0.2) is 102 Å². The van der Waals surface area contributed by atoms with Gasteiger partial charge in [-0.1, -0.05) is 71.8 Å². The number of nitrogens with zero attached hydrogens (tertiary/aromatic N) is 2. The van der Waals surface area contributed by atoms with Gasteiger partial charge in [0.25, 0.3) is 0 Å². The highest BCUT2D eigenvalue weighted by molar-refractivity contribution is 9.11. The molecule has 0 aliphatic carbocycles. The van der Waals surface area contributed by atoms with Gasteiger partial charge in [0.15, 0.2) is 0 Å². The smallest absolute Gasteiger partial charge is 0.313 e. The van der Waals surface area contributed by atoms with E-state index in [1.165, 1.54) is 12.0 Å². The van der Waals surface area contributed by atoms with E-state index in [4.69, 9.17) is 14.2 Å². The number of unbranched alkanes of at least 4 members (excludes halogenated alkanes) is 1. The molecule has 1 aromatic rings. The average Bonchev–Trinajstić information content (AvgIpc) is 3.62. The lowest BCUT2D eigenvalue weighted by atomic mass is 9.74. The van der Waals surface area contributed by atoms with Crippen molar-refractivity contribution in [3.63, 3.8) is 0 Å². The van der Waals surface area contributed by atoms with Crippen molar-refractivity contribution in [2.24, 2.45) is 11.8 Å². The van der Waals surface area contributed by atoms with Gasteiger partial charge in [0.2, 0.25) is 17.7 Å². The first-order chi connectivity index (χ1) is 21.8. The van der Waals surface area contributed by atoms with Crippen LogP contribution < -0.4 is 5.32 Å². The summed E-state index contributed by atoms with van der Waals surface area (Å²) < 4.78 is 18.8. The number of benzene rings is 1. The summed E-state index contributed by atoms with van der Waals surface area (Å²) in [6.45, 7) is 2.85. The molecule has 45 heavy (non-hydrogen) atoms. The number of fused-ring (bicyclic) bond motifs is 2. The molecule has 5 rings (SSSR count). The summed E-state index contributed by atoms with van der Waals surface area (Å²) in [6, 6.07) is 7.36. The second-order valence-electron chi connectivity index (χ2n) is 12.0. The third kappa shape index (κ3) is 6.47. The van der Waals surface area contributed by atoms with Crippen molar-refractivity contribution >= 4 is 39.6 Å². The second-order valence-corrected chi connectivity index (χ2v) is 12.9. The van der Waals surface area contributed by atoms with Crippen molar-refractivity contribution in [1.29, 1.82) is 0 Å². The highest BCUT2D eigenvalue weighted by Crippen LogP contribution is 2.59. The molecule has 7 atom stereocenters. The Bertz CT molecular complexity index is 1320. The standard InChI is InChI=1S/C33H42BrN3O8/c1-3-4-15-36-16-10-6-9-14-24(39)35-23(20-43-2)27(21-12-7-5-8-13-21)44-32(42)25-26-30(40)37(17-11-18-38)29(31(36)41)33(26)19-22(34)28(25)45-33/h5-8,10,12-13,19,23,25-29,38H,3-4,9,11,14-18,20H2,1-2H3,(H,35,39)/b10-6-/t23-,25+,26-,27-,28+,29+,33-/m0/s1. The predicted octanol–water partition coefficient (Wildman–Crippen LogP) is 2.64. The number of carbonyl (C=O) groups is 4. The molecule has 1 aromatic carbocycles. The molecule has 12 heteroatoms. The Hall–Kier alpha value is -3.06. The van der Waals surface area contributed by atoms with Crippen LogP contribution in [0.15, 0.2) is 53.0 Å². The molecule has 1 spiro atoms. The van der Waals surface area contributed by atoms with E-state index in [-0.39, 0.29) is 50.3 Å². The van der Waals surface area contributed by atoms with Gasteiger partial charge < -0.3 is 34.4 Å². The van der Waals surface area contributed by atoms with Gasteiger partial charge >= 0.3 is 5.97 Å². The third-order valence-corrected chi connectivity index (χ3v) is 9.72. The van der Waals surface area contributed by atoms with Gasteiger partial charge in [-0.25, -0.2) is 0 Å². The molecule has 2 saturated heterocycles. The summed E-state index contributed by atoms with van der Waals surface area (Å²) in [7, 11) is 1.51. The number of aliphatic hydroxyl groups is 1. The van der Waals surface area contributed by atoms with E-state index in [1.54, 1.807) is 11.0 Å². The minimum atomic E-state index is -1.39. The van der Waals surface area contributed by atoms with E-state index in [0.29, 0.717) is 29.6 Å². The van der Waals surface area contributed by atoms with Gasteiger partial charge in [-0.15, -0.1) is 0 Å². The maximum atomic E-state index is 14.5. The number of methoxy groups -OCH3 is 1. The summed E-state index contributed by atoms with van der Waals surface area (Å²) in [5.41, 5.74) is -0.734. The number of ether oxygens (including phenoxy) is 3. The first-order valence-corrected chi connectivity index (χ1v) is 16.5. The Kier molecular flexibility index (Phi) is 10.8. The van der Waals surface area contributed by atoms with Crippen LogP contribution in [0.4, 0.5) is 0 Å². The lowest BCUT2D eigenvalue weighted by Crippen LogP contribution is -2.56. The maximum Gasteiger partial charge on any atom is 0.313 e. The molecule has 2 fully saturated rings. The summed E-state index contributed by atoms with van der Waals surface area (Å²) in [5, 5.41) is 12.7. The van der Waals surface area contributed by atoms with Crippen LogP contribution in [0.25, 0.3) is 0 Å². The molecule has 5 bridgehead atoms. The van der Waals surface area contributed by atoms with Gasteiger partial charge in [-0.2, -0.15) is 0 Å². The molecule has 0 saturated carbocycles. The molecular formula is C33H42BrN3O8. The van der Waals surface area contributed by atoms with Gasteiger partial charge in [0.1, 0.15) is 29.8 Å². The Labute approximate surface area is 272 Å². The first-order valence-electron chi connectivity index (χ1n) is 15.7. The van der Waals surface area contributed by atoms with Crippen LogP contribution >= 0.6 is 15.9 Å². The zero-order valence-corrected chi connectivity index (χ0v) is 27.3. The third-order valence-electron chi connectivity index (χ3n) is 9.04. The summed E-state index contributed by atoms with van der Waals surface area (Å²) >= 11 is 3.58. The summed E-state index contributed by atoms with van der Waals surface area (Å²) in [5.74, 6) is -3.61. The van der Waals surface area contributed by atoms with E-state index in [9.17, 15) is 24.3 Å². The van der Waals surface area contributed by atoms with Crippen LogP contribution in [0.5, 0.6) is 0 Å². The Morgan fingerprint density at radius 3 is 2.56 bits per heavy atom. The number of nitrogens with one attached hydrogen (secondary N) is 1. The molecule has 244 valence electrons. The van der Waals surface area contributed by atoms with Crippen LogP contribution in [-0.2, 0) is 33.4 Å². The lowest BCUT2D eigenvalue weighted by Gasteiger charge is -2.35. The van der Waals surface area contributed by atoms with E-state index >= 15 is 0 Å². The van der Waals surface area contributed by atoms with Gasteiger partial charge in [0.05, 0.1) is 18.6 Å². The molecule has 3 amide bonds. The molecule has 2 N–H and O–H groups in total. The molecule has 0 aromatic heterocycles. The zero-order valence-electron chi connectivity index (χ0n) is 25.7. The molecular weight excluding hydrogens is 646 g/mol. The zero-order chi connectivity index (χ0) is 32.1.